The van der Waals surface area contributed by atoms with E-state index in [-0.39, 0.29) is 10.6 Å². The quantitative estimate of drug-likeness (QED) is 0.224. The van der Waals surface area contributed by atoms with Crippen LogP contribution < -0.4 is 4.80 Å². The van der Waals surface area contributed by atoms with Crippen molar-refractivity contribution in [2.45, 2.75) is 45.1 Å². The van der Waals surface area contributed by atoms with Crippen LogP contribution in [-0.4, -0.2) is 26.8 Å². The van der Waals surface area contributed by atoms with E-state index in [4.69, 9.17) is 10.1 Å². The standard InChI is InChI=1S/C25H25N5O2S/c1-17-22(21-12-5-6-13-23(21)27-17)15-26-29-24(18-8-7-11-20(14-18)30(31)32)16-33-25(29)28-19-9-3-2-4-10-19/h5-8,11-16,19,27H,2-4,9-10H2,1H3. The lowest BCUT2D eigenvalue weighted by atomic mass is 9.96. The van der Waals surface area contributed by atoms with Crippen molar-refractivity contribution in [1.29, 1.82) is 0 Å². The van der Waals surface area contributed by atoms with E-state index in [9.17, 15) is 10.1 Å². The van der Waals surface area contributed by atoms with Gasteiger partial charge >= 0.3 is 0 Å². The van der Waals surface area contributed by atoms with Crippen LogP contribution in [-0.2, 0) is 0 Å². The molecule has 2 heterocycles. The zero-order valence-corrected chi connectivity index (χ0v) is 19.2. The molecule has 1 fully saturated rings. The fraction of sp³-hybridized carbons (Fsp3) is 0.280. The van der Waals surface area contributed by atoms with Gasteiger partial charge in [-0.1, -0.05) is 49.6 Å². The van der Waals surface area contributed by atoms with Crippen molar-refractivity contribution in [2.75, 3.05) is 0 Å². The molecular weight excluding hydrogens is 434 g/mol. The Balaban J connectivity index is 1.63. The number of aromatic amines is 1. The molecular formula is C25H25N5O2S. The lowest BCUT2D eigenvalue weighted by molar-refractivity contribution is -0.384. The summed E-state index contributed by atoms with van der Waals surface area (Å²) in [5.41, 5.74) is 4.74. The predicted octanol–water partition coefficient (Wildman–Crippen LogP) is 6.03. The SMILES string of the molecule is Cc1[nH]c2ccccc2c1C=Nn1c(-c2cccc([N+](=O)[O-])c2)csc1=NC1CCCCC1. The first kappa shape index (κ1) is 21.3. The minimum Gasteiger partial charge on any atom is -0.358 e. The number of nitrogens with zero attached hydrogens (tertiary/aromatic N) is 4. The number of nitro benzene ring substituents is 1. The third-order valence-electron chi connectivity index (χ3n) is 6.15. The number of nitro groups is 1. The van der Waals surface area contributed by atoms with E-state index in [1.165, 1.54) is 36.7 Å². The topological polar surface area (TPSA) is 88.6 Å². The Morgan fingerprint density at radius 1 is 1.15 bits per heavy atom. The van der Waals surface area contributed by atoms with Gasteiger partial charge in [0.05, 0.1) is 22.9 Å². The summed E-state index contributed by atoms with van der Waals surface area (Å²) in [5.74, 6) is 0. The van der Waals surface area contributed by atoms with Gasteiger partial charge in [0.25, 0.3) is 5.69 Å². The Bertz CT molecular complexity index is 1410. The Hall–Kier alpha value is -3.52. The van der Waals surface area contributed by atoms with E-state index >= 15 is 0 Å². The molecule has 2 aromatic carbocycles. The fourth-order valence-corrected chi connectivity index (χ4v) is 5.33. The number of aryl methyl sites for hydroxylation is 1. The Labute approximate surface area is 195 Å². The van der Waals surface area contributed by atoms with Crippen molar-refractivity contribution in [3.05, 3.63) is 80.1 Å². The van der Waals surface area contributed by atoms with Crippen LogP contribution in [0, 0.1) is 17.0 Å². The summed E-state index contributed by atoms with van der Waals surface area (Å²) in [6, 6.07) is 15.1. The monoisotopic (exact) mass is 459 g/mol. The highest BCUT2D eigenvalue weighted by Gasteiger charge is 2.16. The van der Waals surface area contributed by atoms with Crippen LogP contribution in [0.2, 0.25) is 0 Å². The van der Waals surface area contributed by atoms with Gasteiger partial charge < -0.3 is 4.98 Å². The summed E-state index contributed by atoms with van der Waals surface area (Å²) in [5, 5.41) is 19.3. The van der Waals surface area contributed by atoms with Crippen LogP contribution in [0.15, 0.2) is 64.0 Å². The smallest absolute Gasteiger partial charge is 0.270 e. The molecule has 1 aliphatic rings. The highest BCUT2D eigenvalue weighted by atomic mass is 32.1. The molecule has 168 valence electrons. The van der Waals surface area contributed by atoms with Gasteiger partial charge in [0, 0.05) is 45.2 Å². The Morgan fingerprint density at radius 3 is 2.79 bits per heavy atom. The maximum Gasteiger partial charge on any atom is 0.270 e. The molecule has 0 unspecified atom stereocenters. The number of H-pyrrole nitrogens is 1. The number of non-ortho nitro benzene ring substituents is 1. The number of hydrogen-bond acceptors (Lipinski definition) is 5. The van der Waals surface area contributed by atoms with Crippen LogP contribution in [0.25, 0.3) is 22.2 Å². The van der Waals surface area contributed by atoms with Crippen LogP contribution in [0.1, 0.15) is 43.4 Å². The largest absolute Gasteiger partial charge is 0.358 e. The summed E-state index contributed by atoms with van der Waals surface area (Å²) in [6.07, 6.45) is 7.73. The second-order valence-corrected chi connectivity index (χ2v) is 9.23. The average Bonchev–Trinajstić information content (AvgIpc) is 3.38. The first-order valence-corrected chi connectivity index (χ1v) is 12.1. The zero-order chi connectivity index (χ0) is 22.8. The molecule has 5 rings (SSSR count). The molecule has 0 spiro atoms. The van der Waals surface area contributed by atoms with Gasteiger partial charge in [0.1, 0.15) is 0 Å². The molecule has 8 heteroatoms. The fourth-order valence-electron chi connectivity index (χ4n) is 4.42. The first-order valence-electron chi connectivity index (χ1n) is 11.2. The van der Waals surface area contributed by atoms with E-state index in [1.54, 1.807) is 12.1 Å². The van der Waals surface area contributed by atoms with E-state index in [0.29, 0.717) is 6.04 Å². The van der Waals surface area contributed by atoms with E-state index in [0.717, 1.165) is 51.1 Å². The number of aromatic nitrogens is 2. The highest BCUT2D eigenvalue weighted by Crippen LogP contribution is 2.26. The van der Waals surface area contributed by atoms with Gasteiger partial charge in [-0.25, -0.2) is 4.68 Å². The summed E-state index contributed by atoms with van der Waals surface area (Å²) < 4.78 is 1.83. The highest BCUT2D eigenvalue weighted by molar-refractivity contribution is 7.07. The zero-order valence-electron chi connectivity index (χ0n) is 18.4. The normalized spacial score (nSPS) is 15.6. The summed E-state index contributed by atoms with van der Waals surface area (Å²) in [4.78, 5) is 20.2. The number of hydrogen-bond donors (Lipinski definition) is 1. The lowest BCUT2D eigenvalue weighted by Crippen LogP contribution is -2.19. The minimum atomic E-state index is -0.369. The molecule has 7 nitrogen and oxygen atoms in total. The molecule has 0 atom stereocenters. The van der Waals surface area contributed by atoms with Gasteiger partial charge in [-0.05, 0) is 25.8 Å². The molecule has 1 aliphatic carbocycles. The molecule has 4 aromatic rings. The van der Waals surface area contributed by atoms with Crippen LogP contribution in [0.3, 0.4) is 0 Å². The maximum absolute atomic E-state index is 11.3. The third kappa shape index (κ3) is 4.39. The van der Waals surface area contributed by atoms with Crippen molar-refractivity contribution in [2.24, 2.45) is 10.1 Å². The van der Waals surface area contributed by atoms with Crippen molar-refractivity contribution in [1.82, 2.24) is 9.66 Å². The molecule has 0 saturated heterocycles. The Morgan fingerprint density at radius 2 is 1.97 bits per heavy atom. The molecule has 0 bridgehead atoms. The maximum atomic E-state index is 11.3. The first-order chi connectivity index (χ1) is 16.1. The molecule has 2 aromatic heterocycles. The number of para-hydroxylation sites is 1. The van der Waals surface area contributed by atoms with Gasteiger partial charge in [0.15, 0.2) is 0 Å². The van der Waals surface area contributed by atoms with Crippen LogP contribution in [0.4, 0.5) is 5.69 Å². The van der Waals surface area contributed by atoms with Crippen molar-refractivity contribution in [3.63, 3.8) is 0 Å². The summed E-state index contributed by atoms with van der Waals surface area (Å²) in [7, 11) is 0. The van der Waals surface area contributed by atoms with Crippen molar-refractivity contribution < 1.29 is 4.92 Å². The van der Waals surface area contributed by atoms with E-state index < -0.39 is 0 Å². The number of thiazole rings is 1. The van der Waals surface area contributed by atoms with Crippen LogP contribution >= 0.6 is 11.3 Å². The average molecular weight is 460 g/mol. The third-order valence-corrected chi connectivity index (χ3v) is 6.98. The Kier molecular flexibility index (Phi) is 5.92. The molecule has 0 radical (unpaired) electrons. The van der Waals surface area contributed by atoms with Gasteiger partial charge in [-0.15, -0.1) is 11.3 Å². The number of rotatable bonds is 5. The second kappa shape index (κ2) is 9.15. The van der Waals surface area contributed by atoms with Gasteiger partial charge in [-0.3, -0.25) is 15.1 Å². The molecule has 33 heavy (non-hydrogen) atoms. The van der Waals surface area contributed by atoms with Crippen LogP contribution in [0.5, 0.6) is 0 Å². The number of nitrogens with one attached hydrogen (secondary N) is 1. The van der Waals surface area contributed by atoms with E-state index in [1.807, 2.05) is 41.4 Å². The molecule has 1 saturated carbocycles. The minimum absolute atomic E-state index is 0.0625. The predicted molar refractivity (Wildman–Crippen MR) is 133 cm³/mol. The summed E-state index contributed by atoms with van der Waals surface area (Å²) in [6.45, 7) is 2.04. The van der Waals surface area contributed by atoms with Crippen molar-refractivity contribution >= 4 is 34.1 Å². The summed E-state index contributed by atoms with van der Waals surface area (Å²) >= 11 is 1.53. The molecule has 0 aliphatic heterocycles. The number of fused-ring (bicyclic) bond motifs is 1. The number of benzene rings is 2. The van der Waals surface area contributed by atoms with Gasteiger partial charge in [0.2, 0.25) is 4.80 Å². The molecule has 0 amide bonds. The van der Waals surface area contributed by atoms with Crippen molar-refractivity contribution in [3.8, 4) is 11.3 Å². The molecule has 1 N–H and O–H groups in total. The van der Waals surface area contributed by atoms with E-state index in [2.05, 4.69) is 17.1 Å². The second-order valence-electron chi connectivity index (χ2n) is 8.40. The lowest BCUT2D eigenvalue weighted by Gasteiger charge is -2.16. The van der Waals surface area contributed by atoms with Gasteiger partial charge in [-0.2, -0.15) is 5.10 Å².